The van der Waals surface area contributed by atoms with Crippen molar-refractivity contribution in [1.29, 1.82) is 0 Å². The van der Waals surface area contributed by atoms with E-state index in [2.05, 4.69) is 0 Å². The predicted molar refractivity (Wildman–Crippen MR) is 81.3 cm³/mol. The van der Waals surface area contributed by atoms with Crippen molar-refractivity contribution >= 4 is 30.1 Å². The third kappa shape index (κ3) is 3.74. The first-order chi connectivity index (χ1) is 11.2. The normalized spacial score (nSPS) is 12.9. The number of sulfone groups is 1. The van der Waals surface area contributed by atoms with Crippen molar-refractivity contribution in [3.05, 3.63) is 36.4 Å². The second-order valence-electron chi connectivity index (χ2n) is 4.71. The molecular weight excluding hydrogens is 400 g/mol. The van der Waals surface area contributed by atoms with Crippen LogP contribution in [0.2, 0.25) is 0 Å². The third-order valence-corrected chi connectivity index (χ3v) is 6.55. The van der Waals surface area contributed by atoms with Gasteiger partial charge in [-0.25, -0.2) is 8.42 Å². The lowest BCUT2D eigenvalue weighted by Gasteiger charge is -2.09. The molecular formula is C12H10O10S3. The Hall–Kier alpha value is -2.19. The highest BCUT2D eigenvalue weighted by Gasteiger charge is 2.26. The second kappa shape index (κ2) is 5.96. The molecule has 2 rings (SSSR count). The molecule has 0 radical (unpaired) electrons. The van der Waals surface area contributed by atoms with E-state index in [9.17, 15) is 35.5 Å². The van der Waals surface area contributed by atoms with Gasteiger partial charge in [-0.15, -0.1) is 0 Å². The summed E-state index contributed by atoms with van der Waals surface area (Å²) in [5.41, 5.74) is 0. The van der Waals surface area contributed by atoms with E-state index >= 15 is 0 Å². The Labute approximate surface area is 142 Å². The highest BCUT2D eigenvalue weighted by atomic mass is 32.2. The fraction of sp³-hybridized carbons (Fsp3) is 0. The van der Waals surface area contributed by atoms with Crippen molar-refractivity contribution in [3.8, 4) is 11.5 Å². The molecule has 0 saturated carbocycles. The van der Waals surface area contributed by atoms with E-state index in [1.807, 2.05) is 0 Å². The van der Waals surface area contributed by atoms with Crippen LogP contribution < -0.4 is 0 Å². The van der Waals surface area contributed by atoms with Crippen LogP contribution in [-0.2, 0) is 30.1 Å². The number of phenolic OH excluding ortho intramolecular Hbond substituents is 2. The van der Waals surface area contributed by atoms with Crippen LogP contribution in [0.5, 0.6) is 11.5 Å². The van der Waals surface area contributed by atoms with E-state index in [1.54, 1.807) is 0 Å². The van der Waals surface area contributed by atoms with Crippen molar-refractivity contribution in [3.63, 3.8) is 0 Å². The number of phenols is 2. The lowest BCUT2D eigenvalue weighted by Crippen LogP contribution is -2.07. The first-order valence-corrected chi connectivity index (χ1v) is 10.5. The molecule has 0 unspecified atom stereocenters. The number of hydrogen-bond donors (Lipinski definition) is 4. The van der Waals surface area contributed by atoms with Gasteiger partial charge in [0.15, 0.2) is 0 Å². The van der Waals surface area contributed by atoms with Gasteiger partial charge in [-0.3, -0.25) is 9.11 Å². The lowest BCUT2D eigenvalue weighted by molar-refractivity contribution is 0.440. The molecule has 0 aliphatic heterocycles. The molecule has 136 valence electrons. The Morgan fingerprint density at radius 2 is 0.920 bits per heavy atom. The average Bonchev–Trinajstić information content (AvgIpc) is 2.45. The molecule has 0 aliphatic rings. The Kier molecular flexibility index (Phi) is 4.56. The Morgan fingerprint density at radius 3 is 1.20 bits per heavy atom. The van der Waals surface area contributed by atoms with Gasteiger partial charge >= 0.3 is 0 Å². The van der Waals surface area contributed by atoms with Gasteiger partial charge < -0.3 is 10.2 Å². The average molecular weight is 410 g/mol. The van der Waals surface area contributed by atoms with Gasteiger partial charge in [0.05, 0.1) is 9.79 Å². The van der Waals surface area contributed by atoms with Crippen molar-refractivity contribution in [1.82, 2.24) is 0 Å². The van der Waals surface area contributed by atoms with Gasteiger partial charge in [0.1, 0.15) is 21.3 Å². The van der Waals surface area contributed by atoms with Crippen LogP contribution in [0, 0.1) is 0 Å². The molecule has 0 spiro atoms. The van der Waals surface area contributed by atoms with E-state index in [0.717, 1.165) is 12.1 Å². The minimum Gasteiger partial charge on any atom is -0.506 e. The molecule has 0 saturated heterocycles. The topological polar surface area (TPSA) is 183 Å². The first kappa shape index (κ1) is 19.1. The van der Waals surface area contributed by atoms with Crippen molar-refractivity contribution < 1.29 is 44.6 Å². The van der Waals surface area contributed by atoms with Crippen LogP contribution in [0.15, 0.2) is 56.0 Å². The monoisotopic (exact) mass is 410 g/mol. The maximum atomic E-state index is 12.5. The van der Waals surface area contributed by atoms with Gasteiger partial charge in [0.2, 0.25) is 9.84 Å². The quantitative estimate of drug-likeness (QED) is 0.515. The molecule has 0 fully saturated rings. The van der Waals surface area contributed by atoms with Gasteiger partial charge in [0.25, 0.3) is 20.2 Å². The fourth-order valence-electron chi connectivity index (χ4n) is 1.87. The largest absolute Gasteiger partial charge is 0.506 e. The molecule has 13 heteroatoms. The molecule has 0 atom stereocenters. The number of hydrogen-bond acceptors (Lipinski definition) is 8. The molecule has 0 aliphatic carbocycles. The molecule has 2 aromatic rings. The summed E-state index contributed by atoms with van der Waals surface area (Å²) in [7, 11) is -14.4. The van der Waals surface area contributed by atoms with Gasteiger partial charge in [-0.05, 0) is 36.4 Å². The summed E-state index contributed by atoms with van der Waals surface area (Å²) in [5.74, 6) is -1.79. The maximum absolute atomic E-state index is 12.5. The molecule has 10 nitrogen and oxygen atoms in total. The molecule has 4 N–H and O–H groups in total. The number of benzene rings is 2. The smallest absolute Gasteiger partial charge is 0.298 e. The highest BCUT2D eigenvalue weighted by molar-refractivity contribution is 7.91. The molecule has 0 heterocycles. The minimum atomic E-state index is -4.93. The third-order valence-electron chi connectivity index (χ3n) is 3.04. The van der Waals surface area contributed by atoms with E-state index < -0.39 is 61.2 Å². The zero-order chi connectivity index (χ0) is 19.2. The Morgan fingerprint density at radius 1 is 0.600 bits per heavy atom. The summed E-state index contributed by atoms with van der Waals surface area (Å²) >= 11 is 0. The van der Waals surface area contributed by atoms with Crippen LogP contribution in [0.3, 0.4) is 0 Å². The summed E-state index contributed by atoms with van der Waals surface area (Å²) in [6.45, 7) is 0. The summed E-state index contributed by atoms with van der Waals surface area (Å²) < 4.78 is 87.6. The zero-order valence-electron chi connectivity index (χ0n) is 11.9. The molecule has 2 aromatic carbocycles. The zero-order valence-corrected chi connectivity index (χ0v) is 14.4. The first-order valence-electron chi connectivity index (χ1n) is 6.10. The van der Waals surface area contributed by atoms with Crippen LogP contribution in [-0.4, -0.2) is 44.6 Å². The lowest BCUT2D eigenvalue weighted by atomic mass is 10.3. The number of rotatable bonds is 4. The van der Waals surface area contributed by atoms with Crippen molar-refractivity contribution in [2.24, 2.45) is 0 Å². The molecule has 0 bridgehead atoms. The standard InChI is InChI=1S/C12H10O10S3/c13-9-3-1-7(5-11(9)24(17,18)19)23(15,16)8-2-4-10(14)12(6-8)25(20,21)22/h1-6,13-14H,(H,17,18,19)(H,20,21,22). The highest BCUT2D eigenvalue weighted by Crippen LogP contribution is 2.31. The second-order valence-corrected chi connectivity index (χ2v) is 9.44. The Bertz CT molecular complexity index is 1070. The van der Waals surface area contributed by atoms with E-state index in [4.69, 9.17) is 9.11 Å². The summed E-state index contributed by atoms with van der Waals surface area (Å²) in [6, 6.07) is 4.00. The molecule has 0 aromatic heterocycles. The molecule has 25 heavy (non-hydrogen) atoms. The van der Waals surface area contributed by atoms with Gasteiger partial charge in [-0.1, -0.05) is 0 Å². The van der Waals surface area contributed by atoms with Crippen molar-refractivity contribution in [2.45, 2.75) is 19.6 Å². The Balaban J connectivity index is 2.73. The van der Waals surface area contributed by atoms with E-state index in [1.165, 1.54) is 0 Å². The van der Waals surface area contributed by atoms with Crippen LogP contribution in [0.4, 0.5) is 0 Å². The van der Waals surface area contributed by atoms with Crippen LogP contribution >= 0.6 is 0 Å². The summed E-state index contributed by atoms with van der Waals surface area (Å²) in [6.07, 6.45) is 0. The van der Waals surface area contributed by atoms with Crippen LogP contribution in [0.25, 0.3) is 0 Å². The van der Waals surface area contributed by atoms with E-state index in [-0.39, 0.29) is 0 Å². The fourth-order valence-corrected chi connectivity index (χ4v) is 4.55. The number of aromatic hydroxyl groups is 2. The SMILES string of the molecule is O=S(=O)(O)c1cc(S(=O)(=O)c2ccc(O)c(S(=O)(=O)O)c2)ccc1O. The molecule has 0 amide bonds. The maximum Gasteiger partial charge on any atom is 0.298 e. The minimum absolute atomic E-state index is 0.472. The van der Waals surface area contributed by atoms with Crippen LogP contribution in [0.1, 0.15) is 0 Å². The predicted octanol–water partition coefficient (Wildman–Crippen LogP) is 0.424. The summed E-state index contributed by atoms with van der Waals surface area (Å²) in [5, 5.41) is 18.8. The van der Waals surface area contributed by atoms with Gasteiger partial charge in [0, 0.05) is 0 Å². The van der Waals surface area contributed by atoms with Gasteiger partial charge in [-0.2, -0.15) is 16.8 Å². The van der Waals surface area contributed by atoms with Crippen molar-refractivity contribution in [2.75, 3.05) is 0 Å². The van der Waals surface area contributed by atoms with E-state index in [0.29, 0.717) is 24.3 Å². The summed E-state index contributed by atoms with van der Waals surface area (Å²) in [4.78, 5) is -3.51.